The van der Waals surface area contributed by atoms with Crippen molar-refractivity contribution < 1.29 is 23.7 Å². The molecule has 0 aliphatic carbocycles. The molecular formula is C24H32ClN5O5. The summed E-state index contributed by atoms with van der Waals surface area (Å²) in [6.45, 7) is 4.04. The lowest BCUT2D eigenvalue weighted by atomic mass is 10.0. The molecule has 10 nitrogen and oxygen atoms in total. The fraction of sp³-hybridized carbons (Fsp3) is 0.375. The van der Waals surface area contributed by atoms with Crippen molar-refractivity contribution in [2.24, 2.45) is 11.7 Å². The van der Waals surface area contributed by atoms with Crippen molar-refractivity contribution in [1.82, 2.24) is 15.0 Å². The van der Waals surface area contributed by atoms with Gasteiger partial charge in [0, 0.05) is 17.7 Å². The third-order valence-electron chi connectivity index (χ3n) is 5.26. The molecular weight excluding hydrogens is 474 g/mol. The highest BCUT2D eigenvalue weighted by Gasteiger charge is 2.20. The van der Waals surface area contributed by atoms with Crippen molar-refractivity contribution in [1.29, 1.82) is 0 Å². The van der Waals surface area contributed by atoms with Crippen LogP contribution in [-0.2, 0) is 4.79 Å². The van der Waals surface area contributed by atoms with Gasteiger partial charge in [-0.05, 0) is 30.5 Å². The summed E-state index contributed by atoms with van der Waals surface area (Å²) in [4.78, 5) is 12.6. The first kappa shape index (κ1) is 27.7. The van der Waals surface area contributed by atoms with Gasteiger partial charge in [0.15, 0.2) is 11.5 Å². The summed E-state index contributed by atoms with van der Waals surface area (Å²) in [6, 6.07) is 8.35. The summed E-state index contributed by atoms with van der Waals surface area (Å²) < 4.78 is 23.4. The first-order valence-corrected chi connectivity index (χ1v) is 10.8. The maximum atomic E-state index is 12.6. The fourth-order valence-electron chi connectivity index (χ4n) is 3.62. The number of benzene rings is 2. The van der Waals surface area contributed by atoms with Gasteiger partial charge in [-0.25, -0.2) is 4.68 Å². The number of amides is 1. The monoisotopic (exact) mass is 505 g/mol. The molecule has 3 rings (SSSR count). The normalized spacial score (nSPS) is 11.4. The van der Waals surface area contributed by atoms with E-state index in [9.17, 15) is 4.79 Å². The van der Waals surface area contributed by atoms with Gasteiger partial charge in [-0.3, -0.25) is 4.79 Å². The molecule has 11 heteroatoms. The number of carbonyl (C=O) groups is 1. The van der Waals surface area contributed by atoms with E-state index in [2.05, 4.69) is 15.6 Å². The molecule has 1 aromatic heterocycles. The molecule has 0 saturated heterocycles. The molecule has 0 aliphatic heterocycles. The van der Waals surface area contributed by atoms with Crippen molar-refractivity contribution in [3.63, 3.8) is 0 Å². The Morgan fingerprint density at radius 1 is 1.00 bits per heavy atom. The van der Waals surface area contributed by atoms with Crippen molar-refractivity contribution in [3.05, 3.63) is 36.5 Å². The van der Waals surface area contributed by atoms with E-state index in [0.717, 1.165) is 5.56 Å². The summed E-state index contributed by atoms with van der Waals surface area (Å²) in [5.41, 5.74) is 8.65. The Morgan fingerprint density at radius 2 is 1.63 bits per heavy atom. The average molecular weight is 506 g/mol. The quantitative estimate of drug-likeness (QED) is 0.427. The second-order valence-electron chi connectivity index (χ2n) is 8.05. The summed E-state index contributed by atoms with van der Waals surface area (Å²) >= 11 is 0. The molecule has 1 heterocycles. The number of nitrogens with one attached hydrogen (secondary N) is 1. The molecule has 3 aromatic rings. The minimum Gasteiger partial charge on any atom is -0.495 e. The molecule has 1 atom stereocenters. The summed E-state index contributed by atoms with van der Waals surface area (Å²) in [5, 5.41) is 11.2. The molecule has 2 aromatic carbocycles. The second-order valence-corrected chi connectivity index (χ2v) is 8.05. The SMILES string of the molecule is COc1ccc(-c2cnnn2-c2cc(OC)c(OC)c(OC)c2)cc1NC(=O)C(N)CC(C)C.Cl. The van der Waals surface area contributed by atoms with E-state index in [1.807, 2.05) is 19.9 Å². The standard InChI is InChI=1S/C24H31N5O5.ClH/c1-14(2)9-17(25)24(30)27-18-10-15(7-8-20(18)31-3)19-13-26-28-29(19)16-11-21(32-4)23(34-6)22(12-16)33-5;/h7-8,10-14,17H,9,25H2,1-6H3,(H,27,30);1H. The summed E-state index contributed by atoms with van der Waals surface area (Å²) in [6.07, 6.45) is 2.20. The van der Waals surface area contributed by atoms with Crippen molar-refractivity contribution in [3.8, 4) is 39.9 Å². The smallest absolute Gasteiger partial charge is 0.241 e. The van der Waals surface area contributed by atoms with Crippen molar-refractivity contribution in [2.75, 3.05) is 33.8 Å². The van der Waals surface area contributed by atoms with Crippen LogP contribution in [0.1, 0.15) is 20.3 Å². The Bertz CT molecular complexity index is 1130. The van der Waals surface area contributed by atoms with Gasteiger partial charge in [0.2, 0.25) is 11.7 Å². The van der Waals surface area contributed by atoms with Crippen molar-refractivity contribution >= 4 is 24.0 Å². The van der Waals surface area contributed by atoms with Gasteiger partial charge >= 0.3 is 0 Å². The van der Waals surface area contributed by atoms with E-state index in [1.54, 1.807) is 63.6 Å². The molecule has 3 N–H and O–H groups in total. The van der Waals surface area contributed by atoms with Crippen LogP contribution in [0.15, 0.2) is 36.5 Å². The maximum Gasteiger partial charge on any atom is 0.241 e. The van der Waals surface area contributed by atoms with E-state index in [4.69, 9.17) is 24.7 Å². The Hall–Kier alpha value is -3.50. The Balaban J connectivity index is 0.00000432. The third-order valence-corrected chi connectivity index (χ3v) is 5.26. The van der Waals surface area contributed by atoms with Crippen LogP contribution in [0.25, 0.3) is 16.9 Å². The number of nitrogens with two attached hydrogens (primary N) is 1. The number of halogens is 1. The van der Waals surface area contributed by atoms with Gasteiger partial charge in [0.25, 0.3) is 0 Å². The summed E-state index contributed by atoms with van der Waals surface area (Å²) in [7, 11) is 6.18. The van der Waals surface area contributed by atoms with Crippen LogP contribution in [0.3, 0.4) is 0 Å². The molecule has 0 fully saturated rings. The van der Waals surface area contributed by atoms with E-state index in [-0.39, 0.29) is 18.3 Å². The molecule has 190 valence electrons. The minimum absolute atomic E-state index is 0. The Kier molecular flexibility index (Phi) is 9.73. The van der Waals surface area contributed by atoms with Crippen LogP contribution < -0.4 is 30.0 Å². The molecule has 1 unspecified atom stereocenters. The molecule has 0 aliphatic rings. The molecule has 1 amide bonds. The predicted molar refractivity (Wildman–Crippen MR) is 136 cm³/mol. The lowest BCUT2D eigenvalue weighted by molar-refractivity contribution is -0.117. The van der Waals surface area contributed by atoms with E-state index < -0.39 is 6.04 Å². The van der Waals surface area contributed by atoms with Gasteiger partial charge in [-0.1, -0.05) is 19.1 Å². The maximum absolute atomic E-state index is 12.6. The lowest BCUT2D eigenvalue weighted by Crippen LogP contribution is -2.36. The average Bonchev–Trinajstić information content (AvgIpc) is 3.32. The van der Waals surface area contributed by atoms with Crippen LogP contribution in [-0.4, -0.2) is 55.4 Å². The molecule has 35 heavy (non-hydrogen) atoms. The largest absolute Gasteiger partial charge is 0.495 e. The molecule has 0 bridgehead atoms. The van der Waals surface area contributed by atoms with E-state index in [1.165, 1.54) is 0 Å². The Morgan fingerprint density at radius 3 is 2.17 bits per heavy atom. The van der Waals surface area contributed by atoms with E-state index >= 15 is 0 Å². The molecule has 0 radical (unpaired) electrons. The van der Waals surface area contributed by atoms with Gasteiger partial charge in [0.1, 0.15) is 5.75 Å². The van der Waals surface area contributed by atoms with Crippen LogP contribution in [0.5, 0.6) is 23.0 Å². The number of aromatic nitrogens is 3. The number of rotatable bonds is 10. The zero-order valence-corrected chi connectivity index (χ0v) is 21.5. The molecule has 0 spiro atoms. The number of methoxy groups -OCH3 is 4. The second kappa shape index (κ2) is 12.3. The highest BCUT2D eigenvalue weighted by molar-refractivity contribution is 5.96. The zero-order chi connectivity index (χ0) is 24.8. The highest BCUT2D eigenvalue weighted by atomic mass is 35.5. The van der Waals surface area contributed by atoms with Gasteiger partial charge in [0.05, 0.1) is 57.7 Å². The number of hydrogen-bond acceptors (Lipinski definition) is 8. The third kappa shape index (κ3) is 6.14. The van der Waals surface area contributed by atoms with Crippen LogP contribution in [0.4, 0.5) is 5.69 Å². The number of anilines is 1. The zero-order valence-electron chi connectivity index (χ0n) is 20.7. The summed E-state index contributed by atoms with van der Waals surface area (Å²) in [5.74, 6) is 1.98. The first-order valence-electron chi connectivity index (χ1n) is 10.8. The number of ether oxygens (including phenoxy) is 4. The van der Waals surface area contributed by atoms with Gasteiger partial charge in [-0.15, -0.1) is 17.5 Å². The van der Waals surface area contributed by atoms with Gasteiger partial charge in [-0.2, -0.15) is 0 Å². The van der Waals surface area contributed by atoms with E-state index in [0.29, 0.717) is 52.4 Å². The topological polar surface area (TPSA) is 123 Å². The van der Waals surface area contributed by atoms with Crippen molar-refractivity contribution in [2.45, 2.75) is 26.3 Å². The first-order chi connectivity index (χ1) is 16.3. The number of carbonyl (C=O) groups excluding carboxylic acids is 1. The highest BCUT2D eigenvalue weighted by Crippen LogP contribution is 2.40. The molecule has 0 saturated carbocycles. The fourth-order valence-corrected chi connectivity index (χ4v) is 3.62. The number of hydrogen-bond donors (Lipinski definition) is 2. The number of nitrogens with zero attached hydrogens (tertiary/aromatic N) is 3. The lowest BCUT2D eigenvalue weighted by Gasteiger charge is -2.17. The predicted octanol–water partition coefficient (Wildman–Crippen LogP) is 3.70. The van der Waals surface area contributed by atoms with Crippen LogP contribution in [0, 0.1) is 5.92 Å². The Labute approximate surface area is 211 Å². The van der Waals surface area contributed by atoms with Gasteiger partial charge < -0.3 is 30.0 Å². The van der Waals surface area contributed by atoms with Crippen LogP contribution >= 0.6 is 12.4 Å². The minimum atomic E-state index is -0.625. The van der Waals surface area contributed by atoms with Crippen LogP contribution in [0.2, 0.25) is 0 Å².